The van der Waals surface area contributed by atoms with Crippen LogP contribution in [0.25, 0.3) is 0 Å². The normalized spacial score (nSPS) is 11.8. The minimum Gasteiger partial charge on any atom is -0.381 e. The van der Waals surface area contributed by atoms with Gasteiger partial charge in [-0.1, -0.05) is 0 Å². The van der Waals surface area contributed by atoms with Crippen LogP contribution in [0.2, 0.25) is 0 Å². The smallest absolute Gasteiger partial charge is 0.246 e. The molecule has 0 aromatic carbocycles. The third kappa shape index (κ3) is 2.66. The fourth-order valence-electron chi connectivity index (χ4n) is 1.89. The highest BCUT2D eigenvalue weighted by atomic mass is 32.2. The molecule has 0 atom stereocenters. The fraction of sp³-hybridized carbons (Fsp3) is 0.333. The molecule has 0 fully saturated rings. The van der Waals surface area contributed by atoms with E-state index in [1.807, 2.05) is 6.92 Å². The Morgan fingerprint density at radius 1 is 1.40 bits per heavy atom. The van der Waals surface area contributed by atoms with Crippen molar-refractivity contribution in [3.63, 3.8) is 0 Å². The Morgan fingerprint density at radius 3 is 2.65 bits per heavy atom. The summed E-state index contributed by atoms with van der Waals surface area (Å²) < 4.78 is 28.6. The number of aromatic nitrogens is 3. The zero-order chi connectivity index (χ0) is 14.9. The molecule has 7 nitrogen and oxygen atoms in total. The quantitative estimate of drug-likeness (QED) is 0.854. The maximum atomic E-state index is 12.3. The Kier molecular flexibility index (Phi) is 3.78. The number of nitrogen functional groups attached to an aromatic ring is 1. The van der Waals surface area contributed by atoms with E-state index in [0.717, 1.165) is 11.1 Å². The Labute approximate surface area is 117 Å². The summed E-state index contributed by atoms with van der Waals surface area (Å²) in [6.45, 7) is 3.72. The van der Waals surface area contributed by atoms with E-state index >= 15 is 0 Å². The molecule has 0 amide bonds. The Balaban J connectivity index is 2.27. The number of rotatable bonds is 4. The maximum absolute atomic E-state index is 12.3. The van der Waals surface area contributed by atoms with Crippen LogP contribution in [0.3, 0.4) is 0 Å². The zero-order valence-corrected chi connectivity index (χ0v) is 12.4. The van der Waals surface area contributed by atoms with Crippen molar-refractivity contribution in [3.05, 3.63) is 35.3 Å². The number of nitrogens with two attached hydrogens (primary N) is 1. The average Bonchev–Trinajstić information content (AvgIpc) is 2.62. The van der Waals surface area contributed by atoms with Crippen LogP contribution >= 0.6 is 0 Å². The Bertz CT molecular complexity index is 736. The second-order valence-corrected chi connectivity index (χ2v) is 6.25. The average molecular weight is 295 g/mol. The summed E-state index contributed by atoms with van der Waals surface area (Å²) in [5.41, 5.74) is 7.95. The summed E-state index contributed by atoms with van der Waals surface area (Å²) >= 11 is 0. The van der Waals surface area contributed by atoms with Gasteiger partial charge in [-0.3, -0.25) is 9.67 Å². The highest BCUT2D eigenvalue weighted by Crippen LogP contribution is 2.21. The van der Waals surface area contributed by atoms with E-state index in [0.29, 0.717) is 5.69 Å². The van der Waals surface area contributed by atoms with E-state index in [1.54, 1.807) is 32.4 Å². The lowest BCUT2D eigenvalue weighted by Gasteiger charge is -2.08. The first kappa shape index (κ1) is 14.5. The van der Waals surface area contributed by atoms with Gasteiger partial charge in [0.25, 0.3) is 0 Å². The first-order chi connectivity index (χ1) is 9.33. The molecule has 0 aliphatic rings. The number of anilines is 1. The highest BCUT2D eigenvalue weighted by molar-refractivity contribution is 7.89. The highest BCUT2D eigenvalue weighted by Gasteiger charge is 2.24. The summed E-state index contributed by atoms with van der Waals surface area (Å²) in [5.74, 6) is 0.00366. The van der Waals surface area contributed by atoms with Gasteiger partial charge in [-0.25, -0.2) is 13.1 Å². The lowest BCUT2D eigenvalue weighted by molar-refractivity contribution is 0.580. The van der Waals surface area contributed by atoms with Gasteiger partial charge in [0.15, 0.2) is 5.82 Å². The van der Waals surface area contributed by atoms with E-state index in [4.69, 9.17) is 5.73 Å². The largest absolute Gasteiger partial charge is 0.381 e. The molecular formula is C12H17N5O2S. The molecule has 0 saturated carbocycles. The number of nitrogens with one attached hydrogen (secondary N) is 1. The van der Waals surface area contributed by atoms with Gasteiger partial charge in [0.1, 0.15) is 4.90 Å². The number of hydrogen-bond donors (Lipinski definition) is 2. The fourth-order valence-corrected chi connectivity index (χ4v) is 3.22. The third-order valence-corrected chi connectivity index (χ3v) is 4.73. The van der Waals surface area contributed by atoms with Crippen LogP contribution < -0.4 is 10.5 Å². The predicted octanol–water partition coefficient (Wildman–Crippen LogP) is 0.493. The topological polar surface area (TPSA) is 103 Å². The Morgan fingerprint density at radius 2 is 2.10 bits per heavy atom. The molecule has 2 heterocycles. The summed E-state index contributed by atoms with van der Waals surface area (Å²) in [5, 5.41) is 3.91. The number of hydrogen-bond acceptors (Lipinski definition) is 5. The molecule has 0 spiro atoms. The zero-order valence-electron chi connectivity index (χ0n) is 11.6. The van der Waals surface area contributed by atoms with Gasteiger partial charge < -0.3 is 5.73 Å². The van der Waals surface area contributed by atoms with Crippen LogP contribution in [-0.2, 0) is 23.6 Å². The molecule has 3 N–H and O–H groups in total. The summed E-state index contributed by atoms with van der Waals surface area (Å²) in [4.78, 5) is 4.00. The van der Waals surface area contributed by atoms with Crippen molar-refractivity contribution in [3.8, 4) is 0 Å². The van der Waals surface area contributed by atoms with Gasteiger partial charge in [-0.2, -0.15) is 5.10 Å². The number of aryl methyl sites for hydroxylation is 2. The second-order valence-electron chi connectivity index (χ2n) is 4.55. The number of pyridine rings is 1. The molecule has 0 unspecified atom stereocenters. The molecule has 2 rings (SSSR count). The second kappa shape index (κ2) is 5.22. The summed E-state index contributed by atoms with van der Waals surface area (Å²) in [6.07, 6.45) is 3.31. The minimum atomic E-state index is -3.69. The van der Waals surface area contributed by atoms with Crippen LogP contribution in [0.5, 0.6) is 0 Å². The molecule has 2 aromatic heterocycles. The molecular weight excluding hydrogens is 278 g/mol. The summed E-state index contributed by atoms with van der Waals surface area (Å²) in [7, 11) is -2.04. The minimum absolute atomic E-state index is 0.00366. The van der Waals surface area contributed by atoms with Crippen molar-refractivity contribution in [2.75, 3.05) is 5.73 Å². The molecule has 108 valence electrons. The van der Waals surface area contributed by atoms with Crippen molar-refractivity contribution >= 4 is 15.8 Å². The van der Waals surface area contributed by atoms with Crippen molar-refractivity contribution in [1.82, 2.24) is 19.5 Å². The predicted molar refractivity (Wildman–Crippen MR) is 75.4 cm³/mol. The third-order valence-electron chi connectivity index (χ3n) is 3.16. The van der Waals surface area contributed by atoms with Crippen molar-refractivity contribution in [2.24, 2.45) is 7.05 Å². The van der Waals surface area contributed by atoms with Crippen LogP contribution in [0, 0.1) is 13.8 Å². The van der Waals surface area contributed by atoms with E-state index in [1.165, 1.54) is 4.68 Å². The van der Waals surface area contributed by atoms with Crippen molar-refractivity contribution in [2.45, 2.75) is 25.3 Å². The maximum Gasteiger partial charge on any atom is 0.246 e. The van der Waals surface area contributed by atoms with E-state index in [2.05, 4.69) is 14.8 Å². The van der Waals surface area contributed by atoms with Gasteiger partial charge in [-0.05, 0) is 31.0 Å². The van der Waals surface area contributed by atoms with Gasteiger partial charge in [0.05, 0.1) is 5.69 Å². The molecule has 0 saturated heterocycles. The molecule has 8 heteroatoms. The SMILES string of the molecule is Cc1cnccc1CNS(=O)(=O)c1c(N)nn(C)c1C. The first-order valence-electron chi connectivity index (χ1n) is 6.01. The van der Waals surface area contributed by atoms with Gasteiger partial charge >= 0.3 is 0 Å². The molecule has 0 radical (unpaired) electrons. The molecule has 2 aromatic rings. The lowest BCUT2D eigenvalue weighted by Crippen LogP contribution is -2.25. The molecule has 20 heavy (non-hydrogen) atoms. The van der Waals surface area contributed by atoms with Crippen LogP contribution in [-0.4, -0.2) is 23.2 Å². The van der Waals surface area contributed by atoms with Crippen LogP contribution in [0.4, 0.5) is 5.82 Å². The van der Waals surface area contributed by atoms with Gasteiger partial charge in [0.2, 0.25) is 10.0 Å². The molecule has 0 aliphatic carbocycles. The monoisotopic (exact) mass is 295 g/mol. The van der Waals surface area contributed by atoms with Crippen LogP contribution in [0.15, 0.2) is 23.4 Å². The Hall–Kier alpha value is -1.93. The van der Waals surface area contributed by atoms with E-state index < -0.39 is 10.0 Å². The van der Waals surface area contributed by atoms with Crippen molar-refractivity contribution < 1.29 is 8.42 Å². The van der Waals surface area contributed by atoms with E-state index in [9.17, 15) is 8.42 Å². The molecule has 0 aliphatic heterocycles. The molecule has 0 bridgehead atoms. The van der Waals surface area contributed by atoms with E-state index in [-0.39, 0.29) is 17.3 Å². The standard InChI is InChI=1S/C12H17N5O2S/c1-8-6-14-5-4-10(8)7-15-20(18,19)11-9(2)17(3)16-12(11)13/h4-6,15H,7H2,1-3H3,(H2,13,16). The summed E-state index contributed by atoms with van der Waals surface area (Å²) in [6, 6.07) is 1.78. The van der Waals surface area contributed by atoms with Gasteiger partial charge in [-0.15, -0.1) is 0 Å². The number of nitrogens with zero attached hydrogens (tertiary/aromatic N) is 3. The van der Waals surface area contributed by atoms with Crippen LogP contribution in [0.1, 0.15) is 16.8 Å². The lowest BCUT2D eigenvalue weighted by atomic mass is 10.2. The van der Waals surface area contributed by atoms with Gasteiger partial charge in [0, 0.05) is 26.0 Å². The number of sulfonamides is 1. The van der Waals surface area contributed by atoms with Crippen molar-refractivity contribution in [1.29, 1.82) is 0 Å². The first-order valence-corrected chi connectivity index (χ1v) is 7.49.